The molecule has 0 radical (unpaired) electrons. The molecule has 0 saturated heterocycles. The molecule has 2 unspecified atom stereocenters. The van der Waals surface area contributed by atoms with E-state index in [-0.39, 0.29) is 0 Å². The summed E-state index contributed by atoms with van der Waals surface area (Å²) in [7, 11) is 0. The van der Waals surface area contributed by atoms with Crippen molar-refractivity contribution in [2.45, 2.75) is 43.9 Å². The molecule has 0 N–H and O–H groups in total. The molecule has 0 aliphatic heterocycles. The molecule has 13 heavy (non-hydrogen) atoms. The zero-order valence-electron chi connectivity index (χ0n) is 7.92. The lowest BCUT2D eigenvalue weighted by Crippen LogP contribution is -2.13. The number of aryl methyl sites for hydroxylation is 1. The van der Waals surface area contributed by atoms with Gasteiger partial charge in [0, 0.05) is 10.3 Å². The van der Waals surface area contributed by atoms with Crippen LogP contribution in [0, 0.1) is 6.92 Å². The third-order valence-corrected chi connectivity index (χ3v) is 4.46. The zero-order valence-corrected chi connectivity index (χ0v) is 9.50. The smallest absolute Gasteiger partial charge is 0.0342 e. The second-order valence-corrected chi connectivity index (χ2v) is 5.49. The molecule has 1 aromatic rings. The molecule has 1 aliphatic carbocycles. The quantitative estimate of drug-likeness (QED) is 0.611. The van der Waals surface area contributed by atoms with Crippen molar-refractivity contribution in [3.8, 4) is 0 Å². The molecule has 1 aromatic heterocycles. The van der Waals surface area contributed by atoms with Gasteiger partial charge in [0.05, 0.1) is 0 Å². The summed E-state index contributed by atoms with van der Waals surface area (Å²) in [4.78, 5) is 1.57. The van der Waals surface area contributed by atoms with Gasteiger partial charge < -0.3 is 0 Å². The molecule has 0 aromatic carbocycles. The number of thiophene rings is 1. The van der Waals surface area contributed by atoms with Gasteiger partial charge in [-0.1, -0.05) is 6.42 Å². The van der Waals surface area contributed by atoms with E-state index in [0.29, 0.717) is 5.38 Å². The highest BCUT2D eigenvalue weighted by Gasteiger charge is 2.23. The summed E-state index contributed by atoms with van der Waals surface area (Å²) in [5, 5.41) is 2.61. The molecule has 0 nitrogen and oxygen atoms in total. The van der Waals surface area contributed by atoms with Gasteiger partial charge in [0.1, 0.15) is 0 Å². The Morgan fingerprint density at radius 1 is 1.46 bits per heavy atom. The molecule has 2 rings (SSSR count). The Hall–Kier alpha value is -0.0100. The Labute approximate surface area is 88.9 Å². The van der Waals surface area contributed by atoms with Crippen LogP contribution in [0.5, 0.6) is 0 Å². The first-order valence-corrected chi connectivity index (χ1v) is 6.27. The lowest BCUT2D eigenvalue weighted by atomic mass is 9.87. The fourth-order valence-corrected chi connectivity index (χ4v) is 3.62. The Kier molecular flexibility index (Phi) is 2.95. The van der Waals surface area contributed by atoms with Gasteiger partial charge in [-0.2, -0.15) is 0 Å². The topological polar surface area (TPSA) is 0 Å². The van der Waals surface area contributed by atoms with Crippen molar-refractivity contribution in [1.29, 1.82) is 0 Å². The van der Waals surface area contributed by atoms with Crippen molar-refractivity contribution in [1.82, 2.24) is 0 Å². The van der Waals surface area contributed by atoms with Gasteiger partial charge >= 0.3 is 0 Å². The molecule has 0 spiro atoms. The maximum atomic E-state index is 6.19. The van der Waals surface area contributed by atoms with Crippen LogP contribution in [0.1, 0.15) is 42.0 Å². The SMILES string of the molecule is Cc1ccsc1C1CCCC(Cl)C1. The predicted octanol–water partition coefficient (Wildman–Crippen LogP) is 4.32. The van der Waals surface area contributed by atoms with E-state index >= 15 is 0 Å². The molecule has 2 atom stereocenters. The van der Waals surface area contributed by atoms with Crippen LogP contribution >= 0.6 is 22.9 Å². The van der Waals surface area contributed by atoms with E-state index in [4.69, 9.17) is 11.6 Å². The van der Waals surface area contributed by atoms with Crippen LogP contribution in [-0.4, -0.2) is 5.38 Å². The van der Waals surface area contributed by atoms with E-state index in [1.165, 1.54) is 31.2 Å². The largest absolute Gasteiger partial charge is 0.148 e. The van der Waals surface area contributed by atoms with Gasteiger partial charge in [-0.25, -0.2) is 0 Å². The highest BCUT2D eigenvalue weighted by Crippen LogP contribution is 2.38. The number of rotatable bonds is 1. The first-order valence-electron chi connectivity index (χ1n) is 4.95. The lowest BCUT2D eigenvalue weighted by molar-refractivity contribution is 0.453. The minimum Gasteiger partial charge on any atom is -0.148 e. The van der Waals surface area contributed by atoms with E-state index in [9.17, 15) is 0 Å². The van der Waals surface area contributed by atoms with Crippen molar-refractivity contribution in [2.24, 2.45) is 0 Å². The van der Waals surface area contributed by atoms with Crippen molar-refractivity contribution in [3.05, 3.63) is 21.9 Å². The van der Waals surface area contributed by atoms with Gasteiger partial charge in [-0.05, 0) is 49.1 Å². The normalized spacial score (nSPS) is 29.1. The Morgan fingerprint density at radius 3 is 2.92 bits per heavy atom. The first kappa shape index (κ1) is 9.54. The zero-order chi connectivity index (χ0) is 9.26. The standard InChI is InChI=1S/C11H15ClS/c1-8-5-6-13-11(8)9-3-2-4-10(12)7-9/h5-6,9-10H,2-4,7H2,1H3. The first-order chi connectivity index (χ1) is 6.27. The van der Waals surface area contributed by atoms with Crippen LogP contribution in [0.2, 0.25) is 0 Å². The Bertz CT molecular complexity index is 279. The summed E-state index contributed by atoms with van der Waals surface area (Å²) in [6.07, 6.45) is 5.03. The van der Waals surface area contributed by atoms with Crippen LogP contribution in [0.15, 0.2) is 11.4 Å². The maximum absolute atomic E-state index is 6.19. The molecule has 1 heterocycles. The van der Waals surface area contributed by atoms with Gasteiger partial charge in [0.15, 0.2) is 0 Å². The van der Waals surface area contributed by atoms with Gasteiger partial charge in [-0.15, -0.1) is 22.9 Å². The lowest BCUT2D eigenvalue weighted by Gasteiger charge is -2.25. The van der Waals surface area contributed by atoms with E-state index in [2.05, 4.69) is 18.4 Å². The van der Waals surface area contributed by atoms with E-state index in [0.717, 1.165) is 5.92 Å². The second-order valence-electron chi connectivity index (χ2n) is 3.93. The predicted molar refractivity (Wildman–Crippen MR) is 59.9 cm³/mol. The van der Waals surface area contributed by atoms with Crippen molar-refractivity contribution in [3.63, 3.8) is 0 Å². The van der Waals surface area contributed by atoms with Gasteiger partial charge in [0.2, 0.25) is 0 Å². The minimum absolute atomic E-state index is 0.417. The fraction of sp³-hybridized carbons (Fsp3) is 0.636. The molecule has 0 amide bonds. The van der Waals surface area contributed by atoms with Crippen molar-refractivity contribution < 1.29 is 0 Å². The summed E-state index contributed by atoms with van der Waals surface area (Å²) in [6.45, 7) is 2.21. The third kappa shape index (κ3) is 2.08. The highest BCUT2D eigenvalue weighted by atomic mass is 35.5. The van der Waals surface area contributed by atoms with Crippen LogP contribution in [0.25, 0.3) is 0 Å². The van der Waals surface area contributed by atoms with Gasteiger partial charge in [0.25, 0.3) is 0 Å². The van der Waals surface area contributed by atoms with E-state index in [1.807, 2.05) is 11.3 Å². The van der Waals surface area contributed by atoms with Crippen molar-refractivity contribution in [2.75, 3.05) is 0 Å². The summed E-state index contributed by atoms with van der Waals surface area (Å²) in [5.74, 6) is 0.747. The van der Waals surface area contributed by atoms with Crippen LogP contribution in [0.3, 0.4) is 0 Å². The molecular formula is C11H15ClS. The number of halogens is 1. The minimum atomic E-state index is 0.417. The Morgan fingerprint density at radius 2 is 2.31 bits per heavy atom. The second kappa shape index (κ2) is 4.02. The molecule has 2 heteroatoms. The number of alkyl halides is 1. The monoisotopic (exact) mass is 214 g/mol. The average Bonchev–Trinajstić information content (AvgIpc) is 2.51. The van der Waals surface area contributed by atoms with E-state index < -0.39 is 0 Å². The number of hydrogen-bond donors (Lipinski definition) is 0. The van der Waals surface area contributed by atoms with Crippen LogP contribution in [-0.2, 0) is 0 Å². The number of hydrogen-bond acceptors (Lipinski definition) is 1. The summed E-state index contributed by atoms with van der Waals surface area (Å²) >= 11 is 8.08. The molecule has 0 bridgehead atoms. The summed E-state index contributed by atoms with van der Waals surface area (Å²) in [6, 6.07) is 2.22. The van der Waals surface area contributed by atoms with Crippen LogP contribution in [0.4, 0.5) is 0 Å². The molecule has 1 fully saturated rings. The average molecular weight is 215 g/mol. The van der Waals surface area contributed by atoms with Gasteiger partial charge in [-0.3, -0.25) is 0 Å². The molecule has 72 valence electrons. The fourth-order valence-electron chi connectivity index (χ4n) is 2.17. The van der Waals surface area contributed by atoms with E-state index in [1.54, 1.807) is 4.88 Å². The van der Waals surface area contributed by atoms with Crippen molar-refractivity contribution >= 4 is 22.9 Å². The Balaban J connectivity index is 2.12. The van der Waals surface area contributed by atoms with Crippen LogP contribution < -0.4 is 0 Å². The summed E-state index contributed by atoms with van der Waals surface area (Å²) in [5.41, 5.74) is 1.46. The summed E-state index contributed by atoms with van der Waals surface area (Å²) < 4.78 is 0. The molecule has 1 saturated carbocycles. The third-order valence-electron chi connectivity index (χ3n) is 2.88. The molecule has 1 aliphatic rings. The highest BCUT2D eigenvalue weighted by molar-refractivity contribution is 7.10. The molecular weight excluding hydrogens is 200 g/mol. The maximum Gasteiger partial charge on any atom is 0.0342 e.